The fourth-order valence-electron chi connectivity index (χ4n) is 5.41. The SMILES string of the molecule is COc1ccccc1N1CCN(CCCCN(C)S(=O)(=O)c2cccc3c(=O)c(C)c(-c4ccccc4)oc23)CC1. The van der Waals surface area contributed by atoms with Gasteiger partial charge in [-0.05, 0) is 50.6 Å². The molecule has 1 aliphatic heterocycles. The van der Waals surface area contributed by atoms with Crippen molar-refractivity contribution in [1.29, 1.82) is 0 Å². The quantitative estimate of drug-likeness (QED) is 0.246. The van der Waals surface area contributed by atoms with Gasteiger partial charge in [-0.1, -0.05) is 48.5 Å². The monoisotopic (exact) mass is 575 g/mol. The van der Waals surface area contributed by atoms with E-state index in [1.807, 2.05) is 48.5 Å². The van der Waals surface area contributed by atoms with Gasteiger partial charge in [0.05, 0.1) is 18.2 Å². The number of para-hydroxylation sites is 3. The fourth-order valence-corrected chi connectivity index (χ4v) is 6.75. The number of benzene rings is 3. The van der Waals surface area contributed by atoms with Crippen LogP contribution in [-0.2, 0) is 10.0 Å². The zero-order valence-electron chi connectivity index (χ0n) is 23.9. The molecule has 0 atom stereocenters. The normalized spacial score (nSPS) is 14.6. The van der Waals surface area contributed by atoms with Crippen LogP contribution in [0.1, 0.15) is 18.4 Å². The van der Waals surface area contributed by atoms with E-state index in [9.17, 15) is 13.2 Å². The summed E-state index contributed by atoms with van der Waals surface area (Å²) >= 11 is 0. The number of piperazine rings is 1. The van der Waals surface area contributed by atoms with E-state index in [1.54, 1.807) is 33.2 Å². The molecule has 0 unspecified atom stereocenters. The number of unbranched alkanes of at least 4 members (excludes halogenated alkanes) is 1. The maximum absolute atomic E-state index is 13.6. The van der Waals surface area contributed by atoms with Crippen molar-refractivity contribution in [3.05, 3.63) is 88.6 Å². The van der Waals surface area contributed by atoms with Crippen LogP contribution in [0.25, 0.3) is 22.3 Å². The van der Waals surface area contributed by atoms with Crippen LogP contribution in [0.3, 0.4) is 0 Å². The zero-order chi connectivity index (χ0) is 29.0. The third-order valence-corrected chi connectivity index (χ3v) is 9.71. The first-order chi connectivity index (χ1) is 19.8. The summed E-state index contributed by atoms with van der Waals surface area (Å²) in [6, 6.07) is 22.1. The van der Waals surface area contributed by atoms with Crippen LogP contribution in [-0.4, -0.2) is 71.0 Å². The van der Waals surface area contributed by atoms with Crippen LogP contribution in [0, 0.1) is 6.92 Å². The summed E-state index contributed by atoms with van der Waals surface area (Å²) in [6.45, 7) is 6.74. The Bertz CT molecular complexity index is 1660. The molecule has 0 radical (unpaired) electrons. The highest BCUT2D eigenvalue weighted by atomic mass is 32.2. The Kier molecular flexibility index (Phi) is 8.77. The minimum Gasteiger partial charge on any atom is -0.495 e. The molecule has 1 aromatic heterocycles. The Morgan fingerprint density at radius 2 is 1.61 bits per heavy atom. The van der Waals surface area contributed by atoms with Gasteiger partial charge in [-0.2, -0.15) is 0 Å². The zero-order valence-corrected chi connectivity index (χ0v) is 24.7. The third-order valence-electron chi connectivity index (χ3n) is 7.83. The summed E-state index contributed by atoms with van der Waals surface area (Å²) < 4.78 is 40.3. The molecule has 0 bridgehead atoms. The Hall–Kier alpha value is -3.66. The van der Waals surface area contributed by atoms with Crippen LogP contribution >= 0.6 is 0 Å². The van der Waals surface area contributed by atoms with Gasteiger partial charge in [0, 0.05) is 50.9 Å². The number of ether oxygens (including phenoxy) is 1. The topological polar surface area (TPSA) is 83.3 Å². The van der Waals surface area contributed by atoms with Gasteiger partial charge in [0.2, 0.25) is 10.0 Å². The summed E-state index contributed by atoms with van der Waals surface area (Å²) in [5.74, 6) is 1.28. The maximum atomic E-state index is 13.6. The van der Waals surface area contributed by atoms with Gasteiger partial charge >= 0.3 is 0 Å². The van der Waals surface area contributed by atoms with Crippen LogP contribution in [0.4, 0.5) is 5.69 Å². The second-order valence-corrected chi connectivity index (χ2v) is 12.4. The molecule has 0 spiro atoms. The number of anilines is 1. The van der Waals surface area contributed by atoms with E-state index in [1.165, 1.54) is 10.4 Å². The van der Waals surface area contributed by atoms with Crippen molar-refractivity contribution in [1.82, 2.24) is 9.21 Å². The van der Waals surface area contributed by atoms with E-state index in [-0.39, 0.29) is 21.3 Å². The van der Waals surface area contributed by atoms with E-state index >= 15 is 0 Å². The molecular weight excluding hydrogens is 538 g/mol. The first kappa shape index (κ1) is 28.9. The Balaban J connectivity index is 1.22. The van der Waals surface area contributed by atoms with Crippen molar-refractivity contribution in [2.24, 2.45) is 0 Å². The summed E-state index contributed by atoms with van der Waals surface area (Å²) in [4.78, 5) is 18.0. The van der Waals surface area contributed by atoms with Gasteiger partial charge in [0.15, 0.2) is 11.0 Å². The lowest BCUT2D eigenvalue weighted by atomic mass is 10.1. The highest BCUT2D eigenvalue weighted by Crippen LogP contribution is 2.31. The largest absolute Gasteiger partial charge is 0.495 e. The molecule has 0 amide bonds. The van der Waals surface area contributed by atoms with Gasteiger partial charge in [-0.15, -0.1) is 0 Å². The average Bonchev–Trinajstić information content (AvgIpc) is 3.01. The molecule has 3 aromatic carbocycles. The minimum absolute atomic E-state index is 0.0132. The van der Waals surface area contributed by atoms with Gasteiger partial charge < -0.3 is 14.1 Å². The van der Waals surface area contributed by atoms with Crippen LogP contribution in [0.2, 0.25) is 0 Å². The number of methoxy groups -OCH3 is 1. The molecule has 41 heavy (non-hydrogen) atoms. The lowest BCUT2D eigenvalue weighted by Crippen LogP contribution is -2.46. The molecule has 1 saturated heterocycles. The van der Waals surface area contributed by atoms with Crippen LogP contribution < -0.4 is 15.1 Å². The smallest absolute Gasteiger partial charge is 0.246 e. The van der Waals surface area contributed by atoms with Gasteiger partial charge in [0.1, 0.15) is 16.4 Å². The Morgan fingerprint density at radius 3 is 2.34 bits per heavy atom. The number of hydrogen-bond donors (Lipinski definition) is 0. The molecule has 4 aromatic rings. The van der Waals surface area contributed by atoms with E-state index in [0.29, 0.717) is 17.9 Å². The molecule has 5 rings (SSSR count). The first-order valence-corrected chi connectivity index (χ1v) is 15.4. The van der Waals surface area contributed by atoms with Crippen LogP contribution in [0.15, 0.2) is 86.9 Å². The predicted molar refractivity (Wildman–Crippen MR) is 163 cm³/mol. The molecule has 0 saturated carbocycles. The van der Waals surface area contributed by atoms with Gasteiger partial charge in [-0.25, -0.2) is 12.7 Å². The van der Waals surface area contributed by atoms with E-state index < -0.39 is 10.0 Å². The lowest BCUT2D eigenvalue weighted by molar-refractivity contribution is 0.250. The second kappa shape index (κ2) is 12.5. The molecule has 0 aliphatic carbocycles. The van der Waals surface area contributed by atoms with Crippen molar-refractivity contribution in [3.63, 3.8) is 0 Å². The van der Waals surface area contributed by atoms with E-state index in [0.717, 1.165) is 62.6 Å². The van der Waals surface area contributed by atoms with E-state index in [2.05, 4.69) is 15.9 Å². The van der Waals surface area contributed by atoms with Crippen molar-refractivity contribution >= 4 is 26.7 Å². The van der Waals surface area contributed by atoms with Crippen molar-refractivity contribution < 1.29 is 17.6 Å². The fraction of sp³-hybridized carbons (Fsp3) is 0.344. The molecule has 9 heteroatoms. The second-order valence-electron chi connectivity index (χ2n) is 10.4. The van der Waals surface area contributed by atoms with E-state index in [4.69, 9.17) is 9.15 Å². The first-order valence-electron chi connectivity index (χ1n) is 14.0. The van der Waals surface area contributed by atoms with Crippen molar-refractivity contribution in [2.45, 2.75) is 24.7 Å². The Labute approximate surface area is 241 Å². The molecule has 2 heterocycles. The highest BCUT2D eigenvalue weighted by molar-refractivity contribution is 7.89. The number of rotatable bonds is 10. The third kappa shape index (κ3) is 6.02. The molecular formula is C32H37N3O5S. The van der Waals surface area contributed by atoms with Crippen LogP contribution in [0.5, 0.6) is 5.75 Å². The Morgan fingerprint density at radius 1 is 0.902 bits per heavy atom. The molecule has 216 valence electrons. The molecule has 1 aliphatic rings. The molecule has 0 N–H and O–H groups in total. The number of hydrogen-bond acceptors (Lipinski definition) is 7. The van der Waals surface area contributed by atoms with Gasteiger partial charge in [0.25, 0.3) is 0 Å². The number of fused-ring (bicyclic) bond motifs is 1. The maximum Gasteiger partial charge on any atom is 0.246 e. The molecule has 8 nitrogen and oxygen atoms in total. The number of sulfonamides is 1. The minimum atomic E-state index is -3.88. The summed E-state index contributed by atoms with van der Waals surface area (Å²) in [6.07, 6.45) is 1.61. The summed E-state index contributed by atoms with van der Waals surface area (Å²) in [5, 5.41) is 0.268. The predicted octanol–water partition coefficient (Wildman–Crippen LogP) is 5.00. The standard InChI is InChI=1S/C32H37N3O5S/c1-24-30(36)26-14-11-17-29(32(26)40-31(24)25-12-5-4-6-13-25)41(37,38)33(2)18-9-10-19-34-20-22-35(23-21-34)27-15-7-8-16-28(27)39-3/h4-8,11-17H,9-10,18-23H2,1-3H3. The van der Waals surface area contributed by atoms with Crippen molar-refractivity contribution in [2.75, 3.05) is 58.3 Å². The summed E-state index contributed by atoms with van der Waals surface area (Å²) in [5.41, 5.74) is 2.18. The highest BCUT2D eigenvalue weighted by Gasteiger charge is 2.26. The summed E-state index contributed by atoms with van der Waals surface area (Å²) in [7, 11) is -0.588. The average molecular weight is 576 g/mol. The number of nitrogens with zero attached hydrogens (tertiary/aromatic N) is 3. The van der Waals surface area contributed by atoms with Gasteiger partial charge in [-0.3, -0.25) is 9.69 Å². The lowest BCUT2D eigenvalue weighted by Gasteiger charge is -2.36. The molecule has 1 fully saturated rings. The van der Waals surface area contributed by atoms with Crippen molar-refractivity contribution in [3.8, 4) is 17.1 Å².